The van der Waals surface area contributed by atoms with E-state index in [0.29, 0.717) is 30.3 Å². The van der Waals surface area contributed by atoms with Gasteiger partial charge in [0.05, 0.1) is 11.3 Å². The SMILES string of the molecule is Cc1cc(C)cc(-c2cc(NCCNc3ccc(C(N)=O)cn3)nc(N)n2)c1. The van der Waals surface area contributed by atoms with Crippen LogP contribution in [0.3, 0.4) is 0 Å². The number of rotatable bonds is 7. The molecule has 3 rings (SSSR count). The number of nitrogen functional groups attached to an aromatic ring is 1. The zero-order chi connectivity index (χ0) is 20.1. The van der Waals surface area contributed by atoms with Gasteiger partial charge in [0.15, 0.2) is 0 Å². The van der Waals surface area contributed by atoms with E-state index in [2.05, 4.69) is 57.6 Å². The van der Waals surface area contributed by atoms with Gasteiger partial charge in [0.2, 0.25) is 11.9 Å². The summed E-state index contributed by atoms with van der Waals surface area (Å²) in [5, 5.41) is 6.39. The molecule has 2 aromatic heterocycles. The predicted molar refractivity (Wildman–Crippen MR) is 111 cm³/mol. The van der Waals surface area contributed by atoms with Crippen molar-refractivity contribution >= 4 is 23.5 Å². The number of anilines is 3. The fraction of sp³-hybridized carbons (Fsp3) is 0.200. The number of hydrogen-bond acceptors (Lipinski definition) is 7. The number of carbonyl (C=O) groups is 1. The van der Waals surface area contributed by atoms with Crippen LogP contribution in [0.5, 0.6) is 0 Å². The van der Waals surface area contributed by atoms with E-state index in [1.54, 1.807) is 12.1 Å². The van der Waals surface area contributed by atoms with Crippen LogP contribution in [0.15, 0.2) is 42.6 Å². The van der Waals surface area contributed by atoms with Gasteiger partial charge < -0.3 is 22.1 Å². The van der Waals surface area contributed by atoms with Gasteiger partial charge >= 0.3 is 0 Å². The molecule has 0 saturated heterocycles. The third-order valence-corrected chi connectivity index (χ3v) is 4.05. The maximum atomic E-state index is 11.1. The lowest BCUT2D eigenvalue weighted by atomic mass is 10.0. The molecule has 0 unspecified atom stereocenters. The molecule has 0 saturated carbocycles. The topological polar surface area (TPSA) is 132 Å². The Morgan fingerprint density at radius 2 is 1.64 bits per heavy atom. The molecule has 8 heteroatoms. The molecule has 28 heavy (non-hydrogen) atoms. The van der Waals surface area contributed by atoms with Gasteiger partial charge in [-0.3, -0.25) is 4.79 Å². The Morgan fingerprint density at radius 1 is 0.964 bits per heavy atom. The monoisotopic (exact) mass is 377 g/mol. The molecule has 0 fully saturated rings. The van der Waals surface area contributed by atoms with Gasteiger partial charge in [-0.1, -0.05) is 17.2 Å². The van der Waals surface area contributed by atoms with E-state index in [9.17, 15) is 4.79 Å². The Morgan fingerprint density at radius 3 is 2.25 bits per heavy atom. The molecular weight excluding hydrogens is 354 g/mol. The van der Waals surface area contributed by atoms with E-state index in [1.165, 1.54) is 17.3 Å². The van der Waals surface area contributed by atoms with Gasteiger partial charge in [0.1, 0.15) is 11.6 Å². The minimum atomic E-state index is -0.498. The summed E-state index contributed by atoms with van der Waals surface area (Å²) in [6.07, 6.45) is 1.44. The van der Waals surface area contributed by atoms with E-state index in [1.807, 2.05) is 6.07 Å². The number of benzene rings is 1. The number of nitrogens with one attached hydrogen (secondary N) is 2. The van der Waals surface area contributed by atoms with Crippen LogP contribution in [-0.4, -0.2) is 33.9 Å². The number of primary amides is 1. The second-order valence-corrected chi connectivity index (χ2v) is 6.52. The van der Waals surface area contributed by atoms with Crippen molar-refractivity contribution in [3.63, 3.8) is 0 Å². The molecule has 1 amide bonds. The van der Waals surface area contributed by atoms with Gasteiger partial charge in [-0.25, -0.2) is 9.97 Å². The highest BCUT2D eigenvalue weighted by molar-refractivity contribution is 5.92. The van der Waals surface area contributed by atoms with Crippen LogP contribution in [0.25, 0.3) is 11.3 Å². The molecule has 0 radical (unpaired) electrons. The van der Waals surface area contributed by atoms with Crippen molar-refractivity contribution in [3.8, 4) is 11.3 Å². The van der Waals surface area contributed by atoms with Crippen molar-refractivity contribution in [3.05, 3.63) is 59.3 Å². The highest BCUT2D eigenvalue weighted by Crippen LogP contribution is 2.23. The average Bonchev–Trinajstić information content (AvgIpc) is 2.64. The summed E-state index contributed by atoms with van der Waals surface area (Å²) in [7, 11) is 0. The Kier molecular flexibility index (Phi) is 5.69. The number of aryl methyl sites for hydroxylation is 2. The Balaban J connectivity index is 1.61. The molecule has 1 aromatic carbocycles. The molecule has 3 aromatic rings. The van der Waals surface area contributed by atoms with E-state index >= 15 is 0 Å². The van der Waals surface area contributed by atoms with Crippen molar-refractivity contribution in [1.82, 2.24) is 15.0 Å². The number of hydrogen-bond donors (Lipinski definition) is 4. The normalized spacial score (nSPS) is 10.5. The summed E-state index contributed by atoms with van der Waals surface area (Å²) in [5.41, 5.74) is 15.6. The molecule has 6 N–H and O–H groups in total. The van der Waals surface area contributed by atoms with Crippen molar-refractivity contribution < 1.29 is 4.79 Å². The lowest BCUT2D eigenvalue weighted by Gasteiger charge is -2.10. The van der Waals surface area contributed by atoms with Crippen molar-refractivity contribution in [2.75, 3.05) is 29.5 Å². The number of nitrogens with zero attached hydrogens (tertiary/aromatic N) is 3. The first-order chi connectivity index (χ1) is 13.4. The zero-order valence-corrected chi connectivity index (χ0v) is 15.9. The van der Waals surface area contributed by atoms with E-state index < -0.39 is 5.91 Å². The van der Waals surface area contributed by atoms with Crippen LogP contribution in [0.2, 0.25) is 0 Å². The van der Waals surface area contributed by atoms with Crippen LogP contribution >= 0.6 is 0 Å². The highest BCUT2D eigenvalue weighted by Gasteiger charge is 2.06. The number of aromatic nitrogens is 3. The first-order valence-corrected chi connectivity index (χ1v) is 8.87. The van der Waals surface area contributed by atoms with Crippen LogP contribution in [-0.2, 0) is 0 Å². The molecule has 8 nitrogen and oxygen atoms in total. The van der Waals surface area contributed by atoms with Gasteiger partial charge in [-0.05, 0) is 38.1 Å². The van der Waals surface area contributed by atoms with Crippen LogP contribution in [0.1, 0.15) is 21.5 Å². The summed E-state index contributed by atoms with van der Waals surface area (Å²) < 4.78 is 0. The highest BCUT2D eigenvalue weighted by atomic mass is 16.1. The molecule has 0 aliphatic heterocycles. The number of carbonyl (C=O) groups excluding carboxylic acids is 1. The van der Waals surface area contributed by atoms with Gasteiger partial charge in [-0.15, -0.1) is 0 Å². The minimum absolute atomic E-state index is 0.218. The standard InChI is InChI=1S/C20H23N7O/c1-12-7-13(2)9-15(8-12)16-10-18(27-20(22)26-16)24-6-5-23-17-4-3-14(11-25-17)19(21)28/h3-4,7-11H,5-6H2,1-2H3,(H2,21,28)(H,23,25)(H3,22,24,26,27). The van der Waals surface area contributed by atoms with Crippen LogP contribution in [0, 0.1) is 13.8 Å². The number of nitrogens with two attached hydrogens (primary N) is 2. The fourth-order valence-electron chi connectivity index (χ4n) is 2.85. The molecule has 0 atom stereocenters. The second kappa shape index (κ2) is 8.34. The summed E-state index contributed by atoms with van der Waals surface area (Å²) in [4.78, 5) is 23.8. The van der Waals surface area contributed by atoms with Crippen molar-refractivity contribution in [2.45, 2.75) is 13.8 Å². The van der Waals surface area contributed by atoms with E-state index in [4.69, 9.17) is 11.5 Å². The van der Waals surface area contributed by atoms with Gasteiger partial charge in [0, 0.05) is 30.9 Å². The Hall–Kier alpha value is -3.68. The Labute approximate surface area is 163 Å². The maximum absolute atomic E-state index is 11.1. The molecule has 144 valence electrons. The lowest BCUT2D eigenvalue weighted by molar-refractivity contribution is 0.1000. The third kappa shape index (κ3) is 4.94. The van der Waals surface area contributed by atoms with E-state index in [-0.39, 0.29) is 5.95 Å². The van der Waals surface area contributed by atoms with Crippen LogP contribution in [0.4, 0.5) is 17.6 Å². The van der Waals surface area contributed by atoms with Gasteiger partial charge in [0.25, 0.3) is 0 Å². The first-order valence-electron chi connectivity index (χ1n) is 8.87. The third-order valence-electron chi connectivity index (χ3n) is 4.05. The number of pyridine rings is 1. The maximum Gasteiger partial charge on any atom is 0.250 e. The van der Waals surface area contributed by atoms with Crippen LogP contribution < -0.4 is 22.1 Å². The van der Waals surface area contributed by atoms with Crippen molar-refractivity contribution in [2.24, 2.45) is 5.73 Å². The predicted octanol–water partition coefficient (Wildman–Crippen LogP) is 2.36. The fourth-order valence-corrected chi connectivity index (χ4v) is 2.85. The quantitative estimate of drug-likeness (QED) is 0.465. The Bertz CT molecular complexity index is 966. The molecule has 0 aliphatic carbocycles. The smallest absolute Gasteiger partial charge is 0.250 e. The zero-order valence-electron chi connectivity index (χ0n) is 15.9. The summed E-state index contributed by atoms with van der Waals surface area (Å²) in [5.74, 6) is 1.03. The lowest BCUT2D eigenvalue weighted by Crippen LogP contribution is -2.16. The van der Waals surface area contributed by atoms with Crippen molar-refractivity contribution in [1.29, 1.82) is 0 Å². The summed E-state index contributed by atoms with van der Waals surface area (Å²) in [6.45, 7) is 5.31. The minimum Gasteiger partial charge on any atom is -0.368 e. The van der Waals surface area contributed by atoms with Gasteiger partial charge in [-0.2, -0.15) is 4.98 Å². The molecule has 0 spiro atoms. The van der Waals surface area contributed by atoms with E-state index in [0.717, 1.165) is 11.3 Å². The summed E-state index contributed by atoms with van der Waals surface area (Å²) >= 11 is 0. The molecule has 0 bridgehead atoms. The first kappa shape index (κ1) is 19.1. The molecule has 2 heterocycles. The second-order valence-electron chi connectivity index (χ2n) is 6.52. The largest absolute Gasteiger partial charge is 0.368 e. The molecule has 0 aliphatic rings. The molecular formula is C20H23N7O. The number of amides is 1. The summed E-state index contributed by atoms with van der Waals surface area (Å²) in [6, 6.07) is 11.5. The average molecular weight is 377 g/mol.